The molecule has 0 aliphatic heterocycles. The van der Waals surface area contributed by atoms with E-state index in [1.807, 2.05) is 11.4 Å². The van der Waals surface area contributed by atoms with E-state index in [0.29, 0.717) is 10.6 Å². The largest absolute Gasteiger partial charge is 0.310 e. The van der Waals surface area contributed by atoms with E-state index >= 15 is 0 Å². The third kappa shape index (κ3) is 4.03. The van der Waals surface area contributed by atoms with Crippen LogP contribution in [0.2, 0.25) is 5.02 Å². The third-order valence-electron chi connectivity index (χ3n) is 2.96. The molecule has 0 fully saturated rings. The number of nitrogens with one attached hydrogen (secondary N) is 1. The normalized spacial score (nSPS) is 12.6. The van der Waals surface area contributed by atoms with Crippen molar-refractivity contribution in [1.82, 2.24) is 5.32 Å². The fraction of sp³-hybridized carbons (Fsp3) is 0.333. The van der Waals surface area contributed by atoms with Gasteiger partial charge in [-0.25, -0.2) is 4.39 Å². The Kier molecular flexibility index (Phi) is 5.37. The molecule has 2 aromatic rings. The van der Waals surface area contributed by atoms with E-state index < -0.39 is 0 Å². The first kappa shape index (κ1) is 14.5. The van der Waals surface area contributed by atoms with E-state index in [1.165, 1.54) is 10.9 Å². The molecule has 4 heteroatoms. The summed E-state index contributed by atoms with van der Waals surface area (Å²) in [7, 11) is 0. The Morgan fingerprint density at radius 3 is 2.89 bits per heavy atom. The molecular formula is C15H17ClFNS. The van der Waals surface area contributed by atoms with Crippen LogP contribution in [0.3, 0.4) is 0 Å². The SMILES string of the molecule is CCCNC(Cc1cccs1)c1cc(Cl)ccc1F. The smallest absolute Gasteiger partial charge is 0.128 e. The van der Waals surface area contributed by atoms with Crippen LogP contribution in [0.5, 0.6) is 0 Å². The van der Waals surface area contributed by atoms with Crippen LogP contribution in [0, 0.1) is 5.82 Å². The predicted molar refractivity (Wildman–Crippen MR) is 80.5 cm³/mol. The zero-order valence-corrected chi connectivity index (χ0v) is 12.4. The number of rotatable bonds is 6. The first-order valence-electron chi connectivity index (χ1n) is 6.41. The Morgan fingerprint density at radius 2 is 2.21 bits per heavy atom. The maximum atomic E-state index is 14.0. The number of benzene rings is 1. The van der Waals surface area contributed by atoms with E-state index in [9.17, 15) is 4.39 Å². The molecule has 19 heavy (non-hydrogen) atoms. The van der Waals surface area contributed by atoms with Crippen LogP contribution < -0.4 is 5.32 Å². The van der Waals surface area contributed by atoms with Crippen LogP contribution in [-0.2, 0) is 6.42 Å². The highest BCUT2D eigenvalue weighted by Gasteiger charge is 2.16. The van der Waals surface area contributed by atoms with E-state index in [4.69, 9.17) is 11.6 Å². The summed E-state index contributed by atoms with van der Waals surface area (Å²) in [5, 5.41) is 6.02. The van der Waals surface area contributed by atoms with Crippen molar-refractivity contribution in [2.24, 2.45) is 0 Å². The minimum atomic E-state index is -0.199. The lowest BCUT2D eigenvalue weighted by Crippen LogP contribution is -2.24. The van der Waals surface area contributed by atoms with Crippen molar-refractivity contribution in [1.29, 1.82) is 0 Å². The standard InChI is InChI=1S/C15H17ClFNS/c1-2-7-18-15(10-12-4-3-8-19-12)13-9-11(16)5-6-14(13)17/h3-6,8-9,15,18H,2,7,10H2,1H3. The zero-order valence-electron chi connectivity index (χ0n) is 10.8. The quantitative estimate of drug-likeness (QED) is 0.806. The van der Waals surface area contributed by atoms with Crippen molar-refractivity contribution in [3.05, 3.63) is 57.0 Å². The molecule has 1 nitrogen and oxygen atoms in total. The van der Waals surface area contributed by atoms with Crippen molar-refractivity contribution in [3.63, 3.8) is 0 Å². The second-order valence-electron chi connectivity index (χ2n) is 4.46. The average molecular weight is 298 g/mol. The lowest BCUT2D eigenvalue weighted by molar-refractivity contribution is 0.499. The molecule has 1 unspecified atom stereocenters. The van der Waals surface area contributed by atoms with Gasteiger partial charge in [0.1, 0.15) is 5.82 Å². The summed E-state index contributed by atoms with van der Waals surface area (Å²) in [5.41, 5.74) is 0.648. The van der Waals surface area contributed by atoms with Gasteiger partial charge in [-0.1, -0.05) is 24.6 Å². The Hall–Kier alpha value is -0.900. The molecule has 0 saturated carbocycles. The van der Waals surface area contributed by atoms with Gasteiger partial charge in [0.25, 0.3) is 0 Å². The molecule has 102 valence electrons. The van der Waals surface area contributed by atoms with Gasteiger partial charge in [-0.3, -0.25) is 0 Å². The van der Waals surface area contributed by atoms with Crippen LogP contribution >= 0.6 is 22.9 Å². The summed E-state index contributed by atoms with van der Waals surface area (Å²) >= 11 is 7.68. The monoisotopic (exact) mass is 297 g/mol. The van der Waals surface area contributed by atoms with E-state index in [1.54, 1.807) is 23.5 Å². The fourth-order valence-corrected chi connectivity index (χ4v) is 2.95. The molecule has 0 bridgehead atoms. The summed E-state index contributed by atoms with van der Waals surface area (Å²) in [6.45, 7) is 2.96. The van der Waals surface area contributed by atoms with Gasteiger partial charge in [-0.05, 0) is 42.6 Å². The summed E-state index contributed by atoms with van der Waals surface area (Å²) in [5.74, 6) is -0.199. The van der Waals surface area contributed by atoms with Gasteiger partial charge in [-0.2, -0.15) is 0 Å². The maximum Gasteiger partial charge on any atom is 0.128 e. The molecule has 1 atom stereocenters. The highest BCUT2D eigenvalue weighted by Crippen LogP contribution is 2.26. The Balaban J connectivity index is 2.23. The van der Waals surface area contributed by atoms with Crippen LogP contribution in [0.1, 0.15) is 29.8 Å². The zero-order chi connectivity index (χ0) is 13.7. The second-order valence-corrected chi connectivity index (χ2v) is 5.92. The first-order valence-corrected chi connectivity index (χ1v) is 7.67. The highest BCUT2D eigenvalue weighted by molar-refractivity contribution is 7.09. The molecule has 1 N–H and O–H groups in total. The molecule has 1 heterocycles. The van der Waals surface area contributed by atoms with Gasteiger partial charge in [-0.15, -0.1) is 11.3 Å². The molecule has 0 radical (unpaired) electrons. The molecule has 2 rings (SSSR count). The van der Waals surface area contributed by atoms with Gasteiger partial charge < -0.3 is 5.32 Å². The van der Waals surface area contributed by atoms with Gasteiger partial charge in [0.15, 0.2) is 0 Å². The minimum absolute atomic E-state index is 0.0303. The average Bonchev–Trinajstić information content (AvgIpc) is 2.90. The van der Waals surface area contributed by atoms with Crippen LogP contribution in [0.15, 0.2) is 35.7 Å². The third-order valence-corrected chi connectivity index (χ3v) is 4.09. The summed E-state index contributed by atoms with van der Waals surface area (Å²) < 4.78 is 14.0. The fourth-order valence-electron chi connectivity index (χ4n) is 2.02. The molecule has 0 aliphatic rings. The molecule has 1 aromatic heterocycles. The van der Waals surface area contributed by atoms with E-state index in [0.717, 1.165) is 19.4 Å². The lowest BCUT2D eigenvalue weighted by atomic mass is 10.0. The summed E-state index contributed by atoms with van der Waals surface area (Å²) in [6.07, 6.45) is 1.80. The summed E-state index contributed by atoms with van der Waals surface area (Å²) in [4.78, 5) is 1.24. The lowest BCUT2D eigenvalue weighted by Gasteiger charge is -2.19. The number of hydrogen-bond donors (Lipinski definition) is 1. The van der Waals surface area contributed by atoms with Gasteiger partial charge in [0.2, 0.25) is 0 Å². The van der Waals surface area contributed by atoms with Crippen molar-refractivity contribution >= 4 is 22.9 Å². The molecule has 0 spiro atoms. The van der Waals surface area contributed by atoms with Crippen LogP contribution in [0.25, 0.3) is 0 Å². The first-order chi connectivity index (χ1) is 9.20. The van der Waals surface area contributed by atoms with Crippen LogP contribution in [0.4, 0.5) is 4.39 Å². The molecule has 0 amide bonds. The maximum absolute atomic E-state index is 14.0. The number of halogens is 2. The van der Waals surface area contributed by atoms with Crippen molar-refractivity contribution < 1.29 is 4.39 Å². The predicted octanol–water partition coefficient (Wildman–Crippen LogP) is 4.82. The van der Waals surface area contributed by atoms with Crippen molar-refractivity contribution in [2.75, 3.05) is 6.54 Å². The molecule has 0 aliphatic carbocycles. The van der Waals surface area contributed by atoms with E-state index in [2.05, 4.69) is 18.3 Å². The Bertz CT molecular complexity index is 513. The highest BCUT2D eigenvalue weighted by atomic mass is 35.5. The Labute approximate surface area is 122 Å². The molecule has 1 aromatic carbocycles. The summed E-state index contributed by atoms with van der Waals surface area (Å²) in [6, 6.07) is 8.81. The van der Waals surface area contributed by atoms with Gasteiger partial charge in [0, 0.05) is 27.9 Å². The number of hydrogen-bond acceptors (Lipinski definition) is 2. The molecule has 0 saturated heterocycles. The topological polar surface area (TPSA) is 12.0 Å². The van der Waals surface area contributed by atoms with Gasteiger partial charge >= 0.3 is 0 Å². The number of thiophene rings is 1. The molecular weight excluding hydrogens is 281 g/mol. The van der Waals surface area contributed by atoms with Crippen molar-refractivity contribution in [2.45, 2.75) is 25.8 Å². The van der Waals surface area contributed by atoms with Crippen LogP contribution in [-0.4, -0.2) is 6.54 Å². The minimum Gasteiger partial charge on any atom is -0.310 e. The van der Waals surface area contributed by atoms with E-state index in [-0.39, 0.29) is 11.9 Å². The van der Waals surface area contributed by atoms with Gasteiger partial charge in [0.05, 0.1) is 0 Å². The second kappa shape index (κ2) is 7.04. The van der Waals surface area contributed by atoms with Crippen molar-refractivity contribution in [3.8, 4) is 0 Å². The Morgan fingerprint density at radius 1 is 1.37 bits per heavy atom.